The van der Waals surface area contributed by atoms with Crippen LogP contribution in [0.4, 0.5) is 11.5 Å². The number of anilines is 2. The van der Waals surface area contributed by atoms with Crippen molar-refractivity contribution in [2.45, 2.75) is 13.3 Å². The van der Waals surface area contributed by atoms with Gasteiger partial charge in [-0.3, -0.25) is 9.69 Å². The molecule has 1 aromatic heterocycles. The number of hydrogen-bond donors (Lipinski definition) is 1. The molecule has 1 saturated heterocycles. The van der Waals surface area contributed by atoms with Crippen molar-refractivity contribution >= 4 is 42.2 Å². The summed E-state index contributed by atoms with van der Waals surface area (Å²) in [5, 5.41) is 3.00. The molecule has 0 aliphatic carbocycles. The smallest absolute Gasteiger partial charge is 0.225 e. The van der Waals surface area contributed by atoms with E-state index in [2.05, 4.69) is 20.1 Å². The molecule has 2 heterocycles. The van der Waals surface area contributed by atoms with Gasteiger partial charge in [0.15, 0.2) is 0 Å². The molecular formula is C19H28Cl2N4O2. The Morgan fingerprint density at radius 1 is 1.04 bits per heavy atom. The van der Waals surface area contributed by atoms with Crippen LogP contribution in [0.2, 0.25) is 0 Å². The van der Waals surface area contributed by atoms with E-state index in [1.165, 1.54) is 0 Å². The van der Waals surface area contributed by atoms with Gasteiger partial charge >= 0.3 is 0 Å². The Labute approximate surface area is 173 Å². The molecule has 1 amide bonds. The van der Waals surface area contributed by atoms with Crippen LogP contribution < -0.4 is 10.2 Å². The van der Waals surface area contributed by atoms with Crippen molar-refractivity contribution < 1.29 is 10.3 Å². The summed E-state index contributed by atoms with van der Waals surface area (Å²) < 4.78 is 0. The number of rotatable bonds is 5. The van der Waals surface area contributed by atoms with Gasteiger partial charge in [-0.2, -0.15) is 0 Å². The molecule has 1 aliphatic rings. The van der Waals surface area contributed by atoms with Gasteiger partial charge in [0, 0.05) is 51.0 Å². The molecule has 0 saturated carbocycles. The molecule has 0 spiro atoms. The molecule has 1 aliphatic heterocycles. The Balaban J connectivity index is 0.00000225. The molecule has 0 unspecified atom stereocenters. The minimum absolute atomic E-state index is 0. The lowest BCUT2D eigenvalue weighted by atomic mass is 10.2. The van der Waals surface area contributed by atoms with Crippen molar-refractivity contribution in [2.24, 2.45) is 0 Å². The van der Waals surface area contributed by atoms with Gasteiger partial charge in [-0.25, -0.2) is 4.98 Å². The van der Waals surface area contributed by atoms with Crippen LogP contribution in [-0.2, 0) is 4.79 Å². The molecule has 1 aromatic carbocycles. The largest absolute Gasteiger partial charge is 0.412 e. The monoisotopic (exact) mass is 414 g/mol. The number of hydrogen-bond acceptors (Lipinski definition) is 4. The van der Waals surface area contributed by atoms with Crippen LogP contribution in [0.25, 0.3) is 0 Å². The third-order valence-corrected chi connectivity index (χ3v) is 4.42. The second-order valence-electron chi connectivity index (χ2n) is 6.13. The normalized spacial score (nSPS) is 13.6. The Morgan fingerprint density at radius 3 is 2.33 bits per heavy atom. The van der Waals surface area contributed by atoms with Crippen LogP contribution in [-0.4, -0.2) is 54.0 Å². The molecule has 150 valence electrons. The van der Waals surface area contributed by atoms with E-state index in [0.717, 1.165) is 49.8 Å². The van der Waals surface area contributed by atoms with Crippen LogP contribution >= 0.6 is 24.8 Å². The van der Waals surface area contributed by atoms with Crippen molar-refractivity contribution in [1.82, 2.24) is 9.88 Å². The number of nitrogens with one attached hydrogen (secondary N) is 1. The van der Waals surface area contributed by atoms with Crippen LogP contribution in [0.15, 0.2) is 48.7 Å². The molecule has 3 N–H and O–H groups in total. The highest BCUT2D eigenvalue weighted by Crippen LogP contribution is 2.14. The van der Waals surface area contributed by atoms with Crippen molar-refractivity contribution in [2.75, 3.05) is 42.9 Å². The zero-order valence-corrected chi connectivity index (χ0v) is 17.1. The number of amides is 1. The molecule has 6 nitrogen and oxygen atoms in total. The summed E-state index contributed by atoms with van der Waals surface area (Å²) in [6.45, 7) is 6.65. The Kier molecular flexibility index (Phi) is 11.7. The van der Waals surface area contributed by atoms with Crippen molar-refractivity contribution in [3.8, 4) is 0 Å². The summed E-state index contributed by atoms with van der Waals surface area (Å²) in [5.41, 5.74) is 2.00. The first-order chi connectivity index (χ1) is 11.7. The van der Waals surface area contributed by atoms with Crippen molar-refractivity contribution in [3.63, 3.8) is 0 Å². The first-order valence-corrected chi connectivity index (χ1v) is 8.46. The van der Waals surface area contributed by atoms with Crippen molar-refractivity contribution in [3.05, 3.63) is 54.2 Å². The third-order valence-electron chi connectivity index (χ3n) is 4.42. The average molecular weight is 415 g/mol. The van der Waals surface area contributed by atoms with Crippen LogP contribution in [0, 0.1) is 6.92 Å². The van der Waals surface area contributed by atoms with E-state index in [1.54, 1.807) is 0 Å². The molecule has 0 bridgehead atoms. The van der Waals surface area contributed by atoms with Crippen molar-refractivity contribution in [1.29, 1.82) is 0 Å². The maximum Gasteiger partial charge on any atom is 0.225 e. The fraction of sp³-hybridized carbons (Fsp3) is 0.368. The van der Waals surface area contributed by atoms with Gasteiger partial charge in [-0.05, 0) is 30.7 Å². The number of halogens is 2. The SMILES string of the molecule is Cc1ccccc1NC(=O)CCN1CCN(c2ccccn2)CC1.Cl.Cl.O. The molecule has 27 heavy (non-hydrogen) atoms. The van der Waals surface area contributed by atoms with E-state index in [9.17, 15) is 4.79 Å². The van der Waals surface area contributed by atoms with E-state index >= 15 is 0 Å². The predicted molar refractivity (Wildman–Crippen MR) is 115 cm³/mol. The lowest BCUT2D eigenvalue weighted by molar-refractivity contribution is -0.116. The Hall–Kier alpha value is -1.86. The number of nitrogens with zero attached hydrogens (tertiary/aromatic N) is 3. The molecule has 8 heteroatoms. The number of aryl methyl sites for hydroxylation is 1. The summed E-state index contributed by atoms with van der Waals surface area (Å²) in [4.78, 5) is 21.2. The van der Waals surface area contributed by atoms with Crippen LogP contribution in [0.3, 0.4) is 0 Å². The number of piperazine rings is 1. The summed E-state index contributed by atoms with van der Waals surface area (Å²) in [5.74, 6) is 1.12. The maximum absolute atomic E-state index is 12.1. The van der Waals surface area contributed by atoms with E-state index in [4.69, 9.17) is 0 Å². The second-order valence-corrected chi connectivity index (χ2v) is 6.13. The molecule has 2 aromatic rings. The van der Waals surface area contributed by atoms with Gasteiger partial charge in [0.05, 0.1) is 0 Å². The zero-order valence-electron chi connectivity index (χ0n) is 15.4. The van der Waals surface area contributed by atoms with Gasteiger partial charge < -0.3 is 15.7 Å². The summed E-state index contributed by atoms with van der Waals surface area (Å²) in [7, 11) is 0. The second kappa shape index (κ2) is 12.5. The van der Waals surface area contributed by atoms with E-state index < -0.39 is 0 Å². The van der Waals surface area contributed by atoms with Gasteiger partial charge in [0.25, 0.3) is 0 Å². The fourth-order valence-electron chi connectivity index (χ4n) is 2.93. The molecule has 1 fully saturated rings. The number of aromatic nitrogens is 1. The Morgan fingerprint density at radius 2 is 1.70 bits per heavy atom. The zero-order chi connectivity index (χ0) is 16.8. The van der Waals surface area contributed by atoms with Gasteiger partial charge in [0.2, 0.25) is 5.91 Å². The fourth-order valence-corrected chi connectivity index (χ4v) is 2.93. The van der Waals surface area contributed by atoms with E-state index in [-0.39, 0.29) is 36.2 Å². The molecule has 3 rings (SSSR count). The standard InChI is InChI=1S/C19H24N4O.2ClH.H2O/c1-16-6-2-3-7-17(16)21-19(24)9-11-22-12-14-23(15-13-22)18-8-4-5-10-20-18;;;/h2-8,10H,9,11-15H2,1H3,(H,21,24);2*1H;1H2. The average Bonchev–Trinajstić information content (AvgIpc) is 2.63. The highest BCUT2D eigenvalue weighted by Gasteiger charge is 2.18. The number of carbonyl (C=O) groups is 1. The third kappa shape index (κ3) is 7.34. The van der Waals surface area contributed by atoms with E-state index in [0.29, 0.717) is 6.42 Å². The van der Waals surface area contributed by atoms with Crippen LogP contribution in [0.5, 0.6) is 0 Å². The number of pyridine rings is 1. The van der Waals surface area contributed by atoms with Crippen LogP contribution in [0.1, 0.15) is 12.0 Å². The summed E-state index contributed by atoms with van der Waals surface area (Å²) >= 11 is 0. The van der Waals surface area contributed by atoms with Gasteiger partial charge in [-0.15, -0.1) is 24.8 Å². The minimum atomic E-state index is 0. The first kappa shape index (κ1) is 25.1. The molecule has 0 atom stereocenters. The summed E-state index contributed by atoms with van der Waals surface area (Å²) in [6, 6.07) is 13.9. The number of carbonyl (C=O) groups excluding carboxylic acids is 1. The molecular weight excluding hydrogens is 387 g/mol. The predicted octanol–water partition coefficient (Wildman–Crippen LogP) is 2.56. The Bertz CT molecular complexity index is 680. The van der Waals surface area contributed by atoms with E-state index in [1.807, 2.05) is 55.6 Å². The highest BCUT2D eigenvalue weighted by molar-refractivity contribution is 5.91. The first-order valence-electron chi connectivity index (χ1n) is 8.46. The quantitative estimate of drug-likeness (QED) is 0.814. The molecule has 0 radical (unpaired) electrons. The summed E-state index contributed by atoms with van der Waals surface area (Å²) in [6.07, 6.45) is 2.36. The lowest BCUT2D eigenvalue weighted by Crippen LogP contribution is -2.47. The topological polar surface area (TPSA) is 80.0 Å². The highest BCUT2D eigenvalue weighted by atomic mass is 35.5. The maximum atomic E-state index is 12.1. The number of para-hydroxylation sites is 1. The number of benzene rings is 1. The minimum Gasteiger partial charge on any atom is -0.412 e. The van der Waals surface area contributed by atoms with Gasteiger partial charge in [-0.1, -0.05) is 24.3 Å². The van der Waals surface area contributed by atoms with Gasteiger partial charge in [0.1, 0.15) is 5.82 Å². The lowest BCUT2D eigenvalue weighted by Gasteiger charge is -2.35.